The number of fused-ring (bicyclic) bond motifs is 3. The summed E-state index contributed by atoms with van der Waals surface area (Å²) >= 11 is 0. The van der Waals surface area contributed by atoms with Gasteiger partial charge in [-0.05, 0) is 30.2 Å². The molecule has 0 bridgehead atoms. The van der Waals surface area contributed by atoms with E-state index in [9.17, 15) is 4.79 Å². The Morgan fingerprint density at radius 3 is 2.42 bits per heavy atom. The Bertz CT molecular complexity index is 627. The molecule has 0 fully saturated rings. The molecule has 2 aromatic rings. The molecule has 0 saturated carbocycles. The molecule has 1 aliphatic heterocycles. The van der Waals surface area contributed by atoms with E-state index in [-0.39, 0.29) is 11.9 Å². The Hall–Kier alpha value is -2.03. The van der Waals surface area contributed by atoms with Gasteiger partial charge < -0.3 is 9.47 Å². The van der Waals surface area contributed by atoms with Crippen LogP contribution in [-0.2, 0) is 4.79 Å². The van der Waals surface area contributed by atoms with Gasteiger partial charge in [0.15, 0.2) is 0 Å². The van der Waals surface area contributed by atoms with E-state index >= 15 is 0 Å². The van der Waals surface area contributed by atoms with Gasteiger partial charge in [-0.2, -0.15) is 0 Å². The number of carbonyl (C=O) groups excluding carboxylic acids is 1. The standard InChI is InChI=1S/C16H18N2O/c1-11(2)16-15-9-6-10-17(15)13-7-4-5-8-14(13)18(16)12(3)19/h4-11,16H,1-3H3. The lowest BCUT2D eigenvalue weighted by molar-refractivity contribution is -0.117. The van der Waals surface area contributed by atoms with Crippen LogP contribution < -0.4 is 4.90 Å². The van der Waals surface area contributed by atoms with Crippen LogP contribution in [0.3, 0.4) is 0 Å². The topological polar surface area (TPSA) is 25.2 Å². The first-order chi connectivity index (χ1) is 9.11. The molecule has 98 valence electrons. The molecule has 1 aromatic heterocycles. The molecule has 19 heavy (non-hydrogen) atoms. The van der Waals surface area contributed by atoms with Crippen LogP contribution in [0.5, 0.6) is 0 Å². The Kier molecular flexibility index (Phi) is 2.70. The average molecular weight is 254 g/mol. The van der Waals surface area contributed by atoms with Crippen molar-refractivity contribution in [3.63, 3.8) is 0 Å². The van der Waals surface area contributed by atoms with E-state index in [2.05, 4.69) is 36.7 Å². The summed E-state index contributed by atoms with van der Waals surface area (Å²) in [6, 6.07) is 12.3. The quantitative estimate of drug-likeness (QED) is 0.764. The molecule has 0 saturated heterocycles. The fourth-order valence-electron chi connectivity index (χ4n) is 3.01. The molecule has 2 heterocycles. The van der Waals surface area contributed by atoms with Crippen molar-refractivity contribution in [1.29, 1.82) is 0 Å². The second kappa shape index (κ2) is 4.26. The third kappa shape index (κ3) is 1.69. The van der Waals surface area contributed by atoms with Crippen LogP contribution in [0, 0.1) is 5.92 Å². The van der Waals surface area contributed by atoms with E-state index in [1.54, 1.807) is 6.92 Å². The molecule has 3 nitrogen and oxygen atoms in total. The van der Waals surface area contributed by atoms with Gasteiger partial charge in [0.2, 0.25) is 5.91 Å². The largest absolute Gasteiger partial charge is 0.317 e. The van der Waals surface area contributed by atoms with Gasteiger partial charge in [0.1, 0.15) is 0 Å². The van der Waals surface area contributed by atoms with Crippen LogP contribution >= 0.6 is 0 Å². The maximum absolute atomic E-state index is 12.1. The van der Waals surface area contributed by atoms with Crippen LogP contribution in [-0.4, -0.2) is 10.5 Å². The monoisotopic (exact) mass is 254 g/mol. The van der Waals surface area contributed by atoms with Gasteiger partial charge >= 0.3 is 0 Å². The Labute approximate surface area is 113 Å². The molecule has 0 aliphatic carbocycles. The molecular formula is C16H18N2O. The number of hydrogen-bond acceptors (Lipinski definition) is 1. The molecule has 1 unspecified atom stereocenters. The lowest BCUT2D eigenvalue weighted by Crippen LogP contribution is -2.40. The Morgan fingerprint density at radius 1 is 1.11 bits per heavy atom. The number of carbonyl (C=O) groups is 1. The van der Waals surface area contributed by atoms with Gasteiger partial charge in [0.25, 0.3) is 0 Å². The summed E-state index contributed by atoms with van der Waals surface area (Å²) < 4.78 is 2.19. The predicted molar refractivity (Wildman–Crippen MR) is 76.5 cm³/mol. The normalized spacial score (nSPS) is 17.3. The maximum Gasteiger partial charge on any atom is 0.224 e. The molecule has 3 rings (SSSR count). The predicted octanol–water partition coefficient (Wildman–Crippen LogP) is 3.54. The SMILES string of the molecule is CC(=O)N1c2ccccc2-n2cccc2C1C(C)C. The second-order valence-electron chi connectivity index (χ2n) is 5.37. The molecule has 1 aliphatic rings. The summed E-state index contributed by atoms with van der Waals surface area (Å²) in [6.07, 6.45) is 2.07. The van der Waals surface area contributed by atoms with Crippen molar-refractivity contribution in [2.45, 2.75) is 26.8 Å². The van der Waals surface area contributed by atoms with Gasteiger partial charge in [-0.3, -0.25) is 4.79 Å². The molecule has 1 atom stereocenters. The lowest BCUT2D eigenvalue weighted by Gasteiger charge is -2.39. The van der Waals surface area contributed by atoms with E-state index in [1.165, 1.54) is 5.69 Å². The number of aromatic nitrogens is 1. The number of benzene rings is 1. The Morgan fingerprint density at radius 2 is 1.79 bits per heavy atom. The summed E-state index contributed by atoms with van der Waals surface area (Å²) in [4.78, 5) is 14.1. The zero-order valence-electron chi connectivity index (χ0n) is 11.5. The van der Waals surface area contributed by atoms with Crippen LogP contribution in [0.4, 0.5) is 5.69 Å². The summed E-state index contributed by atoms with van der Waals surface area (Å²) in [5.74, 6) is 0.463. The molecule has 1 aromatic carbocycles. The van der Waals surface area contributed by atoms with Crippen LogP contribution in [0.1, 0.15) is 32.5 Å². The van der Waals surface area contributed by atoms with E-state index in [1.807, 2.05) is 29.2 Å². The fourth-order valence-corrected chi connectivity index (χ4v) is 3.01. The van der Waals surface area contributed by atoms with Crippen molar-refractivity contribution in [1.82, 2.24) is 4.57 Å². The van der Waals surface area contributed by atoms with Crippen LogP contribution in [0.2, 0.25) is 0 Å². The van der Waals surface area contributed by atoms with E-state index in [0.29, 0.717) is 5.92 Å². The molecule has 1 amide bonds. The van der Waals surface area contributed by atoms with Crippen molar-refractivity contribution in [2.75, 3.05) is 4.90 Å². The van der Waals surface area contributed by atoms with Crippen molar-refractivity contribution >= 4 is 11.6 Å². The highest BCUT2D eigenvalue weighted by molar-refractivity contribution is 5.95. The maximum atomic E-state index is 12.1. The number of para-hydroxylation sites is 2. The number of anilines is 1. The van der Waals surface area contributed by atoms with Gasteiger partial charge in [0, 0.05) is 18.8 Å². The van der Waals surface area contributed by atoms with Gasteiger partial charge in [-0.1, -0.05) is 26.0 Å². The molecule has 0 radical (unpaired) electrons. The number of amides is 1. The minimum atomic E-state index is 0.0959. The average Bonchev–Trinajstić information content (AvgIpc) is 2.85. The van der Waals surface area contributed by atoms with Crippen molar-refractivity contribution in [3.05, 3.63) is 48.3 Å². The first-order valence-electron chi connectivity index (χ1n) is 6.67. The highest BCUT2D eigenvalue weighted by atomic mass is 16.2. The smallest absolute Gasteiger partial charge is 0.224 e. The van der Waals surface area contributed by atoms with Crippen molar-refractivity contribution in [3.8, 4) is 5.69 Å². The van der Waals surface area contributed by atoms with Crippen LogP contribution in [0.15, 0.2) is 42.6 Å². The van der Waals surface area contributed by atoms with Gasteiger partial charge in [-0.15, -0.1) is 0 Å². The summed E-state index contributed by atoms with van der Waals surface area (Å²) in [6.45, 7) is 5.96. The lowest BCUT2D eigenvalue weighted by atomic mass is 9.95. The molecule has 3 heteroatoms. The van der Waals surface area contributed by atoms with E-state index in [0.717, 1.165) is 11.4 Å². The fraction of sp³-hybridized carbons (Fsp3) is 0.312. The summed E-state index contributed by atoms with van der Waals surface area (Å²) in [7, 11) is 0. The zero-order valence-corrected chi connectivity index (χ0v) is 11.5. The first-order valence-corrected chi connectivity index (χ1v) is 6.67. The van der Waals surface area contributed by atoms with Crippen LogP contribution in [0.25, 0.3) is 5.69 Å². The first kappa shape index (κ1) is 12.0. The third-order valence-corrected chi connectivity index (χ3v) is 3.73. The summed E-state index contributed by atoms with van der Waals surface area (Å²) in [5, 5.41) is 0. The minimum absolute atomic E-state index is 0.0959. The summed E-state index contributed by atoms with van der Waals surface area (Å²) in [5.41, 5.74) is 3.26. The highest BCUT2D eigenvalue weighted by Gasteiger charge is 2.34. The number of hydrogen-bond donors (Lipinski definition) is 0. The molecule has 0 N–H and O–H groups in total. The van der Waals surface area contributed by atoms with E-state index in [4.69, 9.17) is 0 Å². The highest BCUT2D eigenvalue weighted by Crippen LogP contribution is 2.41. The zero-order chi connectivity index (χ0) is 13.6. The Balaban J connectivity index is 2.29. The van der Waals surface area contributed by atoms with Gasteiger partial charge in [0.05, 0.1) is 17.4 Å². The number of nitrogens with zero attached hydrogens (tertiary/aromatic N) is 2. The van der Waals surface area contributed by atoms with Crippen molar-refractivity contribution < 1.29 is 4.79 Å². The minimum Gasteiger partial charge on any atom is -0.317 e. The van der Waals surface area contributed by atoms with Gasteiger partial charge in [-0.25, -0.2) is 0 Å². The molecular weight excluding hydrogens is 236 g/mol. The molecule has 0 spiro atoms. The third-order valence-electron chi connectivity index (χ3n) is 3.73. The second-order valence-corrected chi connectivity index (χ2v) is 5.37. The van der Waals surface area contributed by atoms with E-state index < -0.39 is 0 Å². The van der Waals surface area contributed by atoms with Crippen molar-refractivity contribution in [2.24, 2.45) is 5.92 Å². The number of rotatable bonds is 1.